The van der Waals surface area contributed by atoms with E-state index in [4.69, 9.17) is 23.2 Å². The summed E-state index contributed by atoms with van der Waals surface area (Å²) in [6.07, 6.45) is 0. The molecular formula is C21H18Cl2FN5O. The van der Waals surface area contributed by atoms with Crippen molar-refractivity contribution in [1.29, 1.82) is 5.26 Å². The van der Waals surface area contributed by atoms with Crippen LogP contribution in [0, 0.1) is 17.1 Å². The molecule has 1 aliphatic heterocycles. The molecule has 0 spiro atoms. The first-order valence-corrected chi connectivity index (χ1v) is 10.1. The van der Waals surface area contributed by atoms with Gasteiger partial charge in [0.05, 0.1) is 11.2 Å². The highest BCUT2D eigenvalue weighted by Gasteiger charge is 2.25. The molecule has 2 aromatic heterocycles. The first-order valence-electron chi connectivity index (χ1n) is 9.39. The number of anilines is 1. The third kappa shape index (κ3) is 3.86. The molecule has 1 aliphatic rings. The van der Waals surface area contributed by atoms with Crippen LogP contribution in [-0.2, 0) is 13.6 Å². The van der Waals surface area contributed by atoms with E-state index in [1.807, 2.05) is 11.0 Å². The molecule has 1 fully saturated rings. The van der Waals surface area contributed by atoms with Crippen LogP contribution in [0.3, 0.4) is 0 Å². The van der Waals surface area contributed by atoms with Crippen molar-refractivity contribution < 1.29 is 4.39 Å². The SMILES string of the molecule is Cn1c(=O)c(C#N)c(N2CCN(Cc3cc(F)cc(Cl)c3)CC2)c2nc(Cl)ccc21. The summed E-state index contributed by atoms with van der Waals surface area (Å²) in [5.74, 6) is -0.357. The largest absolute Gasteiger partial charge is 0.366 e. The summed E-state index contributed by atoms with van der Waals surface area (Å²) in [4.78, 5) is 21.3. The summed E-state index contributed by atoms with van der Waals surface area (Å²) in [5.41, 5.74) is 2.18. The molecule has 0 unspecified atom stereocenters. The fourth-order valence-electron chi connectivity index (χ4n) is 3.87. The minimum atomic E-state index is -0.360. The number of nitriles is 1. The van der Waals surface area contributed by atoms with E-state index in [0.717, 1.165) is 5.56 Å². The molecule has 0 aliphatic carbocycles. The lowest BCUT2D eigenvalue weighted by molar-refractivity contribution is 0.249. The van der Waals surface area contributed by atoms with Gasteiger partial charge in [0.15, 0.2) is 0 Å². The molecule has 154 valence electrons. The highest BCUT2D eigenvalue weighted by Crippen LogP contribution is 2.29. The average Bonchev–Trinajstić information content (AvgIpc) is 2.70. The monoisotopic (exact) mass is 445 g/mol. The Hall–Kier alpha value is -2.66. The van der Waals surface area contributed by atoms with Crippen molar-refractivity contribution in [1.82, 2.24) is 14.5 Å². The highest BCUT2D eigenvalue weighted by molar-refractivity contribution is 6.30. The molecule has 1 aromatic carbocycles. The Labute approximate surface area is 182 Å². The number of rotatable bonds is 3. The van der Waals surface area contributed by atoms with Gasteiger partial charge < -0.3 is 9.47 Å². The van der Waals surface area contributed by atoms with Crippen LogP contribution >= 0.6 is 23.2 Å². The minimum absolute atomic E-state index is 0.0603. The second kappa shape index (κ2) is 8.23. The van der Waals surface area contributed by atoms with Crippen molar-refractivity contribution in [2.24, 2.45) is 7.05 Å². The zero-order valence-electron chi connectivity index (χ0n) is 16.2. The number of fused-ring (bicyclic) bond motifs is 1. The molecular weight excluding hydrogens is 428 g/mol. The van der Waals surface area contributed by atoms with Crippen LogP contribution in [0.1, 0.15) is 11.1 Å². The summed E-state index contributed by atoms with van der Waals surface area (Å²) < 4.78 is 15.0. The smallest absolute Gasteiger partial charge is 0.270 e. The van der Waals surface area contributed by atoms with E-state index in [2.05, 4.69) is 9.88 Å². The molecule has 3 aromatic rings. The fourth-order valence-corrected chi connectivity index (χ4v) is 4.26. The zero-order valence-corrected chi connectivity index (χ0v) is 17.7. The van der Waals surface area contributed by atoms with Gasteiger partial charge in [-0.25, -0.2) is 9.37 Å². The number of hydrogen-bond acceptors (Lipinski definition) is 5. The molecule has 0 saturated carbocycles. The van der Waals surface area contributed by atoms with Gasteiger partial charge in [-0.05, 0) is 35.9 Å². The molecule has 0 amide bonds. The Balaban J connectivity index is 1.63. The van der Waals surface area contributed by atoms with Crippen molar-refractivity contribution >= 4 is 39.9 Å². The number of nitrogens with zero attached hydrogens (tertiary/aromatic N) is 5. The van der Waals surface area contributed by atoms with Crippen LogP contribution < -0.4 is 10.5 Å². The molecule has 3 heterocycles. The Morgan fingerprint density at radius 2 is 1.90 bits per heavy atom. The van der Waals surface area contributed by atoms with Crippen LogP contribution in [-0.4, -0.2) is 40.6 Å². The summed E-state index contributed by atoms with van der Waals surface area (Å²) in [5, 5.41) is 10.3. The second-order valence-corrected chi connectivity index (χ2v) is 8.07. The molecule has 4 rings (SSSR count). The highest BCUT2D eigenvalue weighted by atomic mass is 35.5. The van der Waals surface area contributed by atoms with Gasteiger partial charge in [-0.15, -0.1) is 0 Å². The van der Waals surface area contributed by atoms with E-state index in [0.29, 0.717) is 59.6 Å². The van der Waals surface area contributed by atoms with Gasteiger partial charge in [0.1, 0.15) is 28.1 Å². The van der Waals surface area contributed by atoms with Gasteiger partial charge in [-0.3, -0.25) is 9.69 Å². The van der Waals surface area contributed by atoms with Gasteiger partial charge >= 0.3 is 0 Å². The molecule has 0 radical (unpaired) electrons. The summed E-state index contributed by atoms with van der Waals surface area (Å²) in [7, 11) is 1.62. The maximum Gasteiger partial charge on any atom is 0.270 e. The quantitative estimate of drug-likeness (QED) is 0.576. The van der Waals surface area contributed by atoms with Crippen molar-refractivity contribution in [3.8, 4) is 6.07 Å². The van der Waals surface area contributed by atoms with E-state index >= 15 is 0 Å². The lowest BCUT2D eigenvalue weighted by atomic mass is 10.1. The third-order valence-corrected chi connectivity index (χ3v) is 5.74. The lowest BCUT2D eigenvalue weighted by Gasteiger charge is -2.36. The van der Waals surface area contributed by atoms with Crippen molar-refractivity contribution in [2.45, 2.75) is 6.54 Å². The van der Waals surface area contributed by atoms with E-state index in [1.165, 1.54) is 16.7 Å². The zero-order chi connectivity index (χ0) is 21.4. The number of halogens is 3. The van der Waals surface area contributed by atoms with Crippen LogP contribution in [0.15, 0.2) is 35.1 Å². The normalized spacial score (nSPS) is 14.8. The Morgan fingerprint density at radius 1 is 1.17 bits per heavy atom. The second-order valence-electron chi connectivity index (χ2n) is 7.24. The van der Waals surface area contributed by atoms with Crippen LogP contribution in [0.4, 0.5) is 10.1 Å². The minimum Gasteiger partial charge on any atom is -0.366 e. The average molecular weight is 446 g/mol. The van der Waals surface area contributed by atoms with Gasteiger partial charge in [0.2, 0.25) is 0 Å². The first kappa shape index (κ1) is 20.6. The predicted octanol–water partition coefficient (Wildman–Crippen LogP) is 3.57. The predicted molar refractivity (Wildman–Crippen MR) is 116 cm³/mol. The van der Waals surface area contributed by atoms with Crippen LogP contribution in [0.25, 0.3) is 11.0 Å². The van der Waals surface area contributed by atoms with Gasteiger partial charge in [0, 0.05) is 44.8 Å². The standard InChI is InChI=1S/C21H18Cl2FN5O/c1-27-17-2-3-18(23)26-19(17)20(16(11-25)21(27)30)29-6-4-28(5-7-29)12-13-8-14(22)10-15(24)9-13/h2-3,8-10H,4-7,12H2,1H3. The van der Waals surface area contributed by atoms with E-state index in [-0.39, 0.29) is 16.9 Å². The summed E-state index contributed by atoms with van der Waals surface area (Å²) >= 11 is 12.1. The number of piperazine rings is 1. The molecule has 1 saturated heterocycles. The number of aromatic nitrogens is 2. The Bertz CT molecular complexity index is 1210. The van der Waals surface area contributed by atoms with Crippen LogP contribution in [0.2, 0.25) is 10.2 Å². The van der Waals surface area contributed by atoms with Gasteiger partial charge in [-0.2, -0.15) is 5.26 Å². The molecule has 0 bridgehead atoms. The van der Waals surface area contributed by atoms with Crippen molar-refractivity contribution in [3.05, 3.63) is 67.8 Å². The number of pyridine rings is 2. The maximum absolute atomic E-state index is 13.6. The summed E-state index contributed by atoms with van der Waals surface area (Å²) in [6, 6.07) is 9.93. The van der Waals surface area contributed by atoms with Crippen molar-refractivity contribution in [2.75, 3.05) is 31.1 Å². The Morgan fingerprint density at radius 3 is 2.57 bits per heavy atom. The summed E-state index contributed by atoms with van der Waals surface area (Å²) in [6.45, 7) is 3.10. The van der Waals surface area contributed by atoms with Gasteiger partial charge in [0.25, 0.3) is 5.56 Å². The number of hydrogen-bond donors (Lipinski definition) is 0. The number of benzene rings is 1. The topological polar surface area (TPSA) is 65.2 Å². The van der Waals surface area contributed by atoms with E-state index in [1.54, 1.807) is 25.2 Å². The molecule has 9 heteroatoms. The third-order valence-electron chi connectivity index (χ3n) is 5.31. The maximum atomic E-state index is 13.6. The van der Waals surface area contributed by atoms with E-state index in [9.17, 15) is 14.4 Å². The van der Waals surface area contributed by atoms with Gasteiger partial charge in [-0.1, -0.05) is 23.2 Å². The molecule has 6 nitrogen and oxygen atoms in total. The van der Waals surface area contributed by atoms with Crippen molar-refractivity contribution in [3.63, 3.8) is 0 Å². The Kier molecular flexibility index (Phi) is 5.65. The molecule has 0 atom stereocenters. The van der Waals surface area contributed by atoms with E-state index < -0.39 is 0 Å². The van der Waals surface area contributed by atoms with Crippen LogP contribution in [0.5, 0.6) is 0 Å². The molecule has 0 N–H and O–H groups in total. The first-order chi connectivity index (χ1) is 14.4. The number of aryl methyl sites for hydroxylation is 1. The molecule has 30 heavy (non-hydrogen) atoms. The lowest BCUT2D eigenvalue weighted by Crippen LogP contribution is -2.47. The fraction of sp³-hybridized carbons (Fsp3) is 0.286.